The van der Waals surface area contributed by atoms with Crippen molar-refractivity contribution in [2.24, 2.45) is 46.8 Å². The number of rotatable bonds is 6. The highest BCUT2D eigenvalue weighted by Crippen LogP contribution is 2.65. The Bertz CT molecular complexity index is 610. The van der Waals surface area contributed by atoms with E-state index in [0.717, 1.165) is 49.4 Å². The molecule has 0 aliphatic heterocycles. The molecule has 1 N–H and O–H groups in total. The summed E-state index contributed by atoms with van der Waals surface area (Å²) in [4.78, 5) is 0. The molecule has 2 heteroatoms. The van der Waals surface area contributed by atoms with E-state index in [2.05, 4.69) is 27.7 Å². The summed E-state index contributed by atoms with van der Waals surface area (Å²) in [5, 5.41) is 10.2. The van der Waals surface area contributed by atoms with E-state index in [1.807, 2.05) is 0 Å². The average Bonchev–Trinajstić information content (AvgIpc) is 3.04. The van der Waals surface area contributed by atoms with E-state index < -0.39 is 0 Å². The van der Waals surface area contributed by atoms with Gasteiger partial charge in [-0.15, -0.1) is 0 Å². The van der Waals surface area contributed by atoms with Crippen molar-refractivity contribution in [1.82, 2.24) is 0 Å². The third-order valence-electron chi connectivity index (χ3n) is 9.94. The minimum absolute atomic E-state index is 0.103. The summed E-state index contributed by atoms with van der Waals surface area (Å²) in [5.74, 6) is 4.83. The van der Waals surface area contributed by atoms with Gasteiger partial charge in [-0.05, 0) is 92.3 Å². The molecule has 2 fully saturated rings. The molecule has 0 radical (unpaired) electrons. The van der Waals surface area contributed by atoms with Gasteiger partial charge in [-0.1, -0.05) is 58.1 Å². The number of alkyl halides is 1. The molecule has 0 aromatic rings. The molecule has 0 bridgehead atoms. The second-order valence-electron chi connectivity index (χ2n) is 11.9. The van der Waals surface area contributed by atoms with Crippen LogP contribution in [0.4, 0.5) is 4.39 Å². The smallest absolute Gasteiger partial charge is 0.0959 e. The molecule has 0 aromatic heterocycles. The Balaban J connectivity index is 1.51. The van der Waals surface area contributed by atoms with Crippen LogP contribution in [-0.4, -0.2) is 17.9 Å². The summed E-state index contributed by atoms with van der Waals surface area (Å²) in [6.45, 7) is 9.61. The first kappa shape index (κ1) is 21.8. The topological polar surface area (TPSA) is 20.2 Å². The zero-order valence-corrected chi connectivity index (χ0v) is 19.4. The van der Waals surface area contributed by atoms with Gasteiger partial charge in [-0.25, -0.2) is 0 Å². The van der Waals surface area contributed by atoms with Crippen LogP contribution in [0.15, 0.2) is 11.1 Å². The van der Waals surface area contributed by atoms with Crippen LogP contribution in [0.25, 0.3) is 0 Å². The van der Waals surface area contributed by atoms with Crippen LogP contribution >= 0.6 is 0 Å². The maximum Gasteiger partial charge on any atom is 0.0959 e. The normalized spacial score (nSPS) is 43.1. The van der Waals surface area contributed by atoms with Gasteiger partial charge in [0.2, 0.25) is 0 Å². The number of allylic oxidation sites excluding steroid dienone is 1. The lowest BCUT2D eigenvalue weighted by atomic mass is 9.51. The SMILES string of the molecule is CC(C)CCC[C@@H](C)[C@H]1CC[C@H]2[C@@H]3C[C@@H](C[18F])C4=C(CC[C@H](O)C4)[C@H]3CC[C@]12C. The summed E-state index contributed by atoms with van der Waals surface area (Å²) in [5.41, 5.74) is 3.42. The van der Waals surface area contributed by atoms with Gasteiger partial charge in [0, 0.05) is 5.92 Å². The summed E-state index contributed by atoms with van der Waals surface area (Å²) in [6, 6.07) is 0. The minimum atomic E-state index is -0.226. The quantitative estimate of drug-likeness (QED) is 0.460. The Morgan fingerprint density at radius 3 is 2.59 bits per heavy atom. The summed E-state index contributed by atoms with van der Waals surface area (Å²) < 4.78 is 14.1. The molecule has 0 aromatic carbocycles. The minimum Gasteiger partial charge on any atom is -0.393 e. The van der Waals surface area contributed by atoms with Gasteiger partial charge < -0.3 is 5.11 Å². The van der Waals surface area contributed by atoms with Crippen LogP contribution in [0.1, 0.15) is 98.3 Å². The number of hydrogen-bond acceptors (Lipinski definition) is 1. The third-order valence-corrected chi connectivity index (χ3v) is 9.94. The molecule has 4 aliphatic carbocycles. The zero-order chi connectivity index (χ0) is 20.8. The van der Waals surface area contributed by atoms with Gasteiger partial charge in [0.05, 0.1) is 12.8 Å². The average molecular weight is 404 g/mol. The van der Waals surface area contributed by atoms with Crippen molar-refractivity contribution in [3.63, 3.8) is 0 Å². The predicted octanol–water partition coefficient (Wildman–Crippen LogP) is 7.34. The Morgan fingerprint density at radius 1 is 1.07 bits per heavy atom. The highest BCUT2D eigenvalue weighted by Gasteiger charge is 2.56. The number of fused-ring (bicyclic) bond motifs is 4. The van der Waals surface area contributed by atoms with Crippen molar-refractivity contribution in [1.29, 1.82) is 0 Å². The highest BCUT2D eigenvalue weighted by atomic mass is 18.2. The summed E-state index contributed by atoms with van der Waals surface area (Å²) in [6.07, 6.45) is 13.1. The van der Waals surface area contributed by atoms with Crippen molar-refractivity contribution in [3.8, 4) is 0 Å². The fourth-order valence-electron chi connectivity index (χ4n) is 8.52. The van der Waals surface area contributed by atoms with Crippen molar-refractivity contribution >= 4 is 0 Å². The van der Waals surface area contributed by atoms with Crippen molar-refractivity contribution in [2.45, 2.75) is 104 Å². The lowest BCUT2D eigenvalue weighted by Crippen LogP contribution is -2.46. The summed E-state index contributed by atoms with van der Waals surface area (Å²) >= 11 is 0. The molecule has 166 valence electrons. The molecule has 8 atom stereocenters. The third kappa shape index (κ3) is 3.97. The molecule has 4 aliphatic rings. The van der Waals surface area contributed by atoms with Crippen LogP contribution in [0.5, 0.6) is 0 Å². The number of aliphatic hydroxyl groups is 1. The number of halogens is 1. The van der Waals surface area contributed by atoms with Gasteiger partial charge in [0.1, 0.15) is 0 Å². The second kappa shape index (κ2) is 8.64. The molecular weight excluding hydrogens is 358 g/mol. The molecule has 0 spiro atoms. The van der Waals surface area contributed by atoms with Gasteiger partial charge in [0.25, 0.3) is 0 Å². The lowest BCUT2D eigenvalue weighted by Gasteiger charge is -2.54. The standard InChI is InChI=1S/C27H45FO/c1-17(2)6-5-7-18(3)25-10-11-26-24-14-19(16-28)23-15-20(29)8-9-21(23)22(24)12-13-27(25,26)4/h17-20,22,24-26,29H,5-16H2,1-4H3/t18-,19+,20+,22-,24-,25-,26+,27-/m1/s1/i28-1. The monoisotopic (exact) mass is 403 g/mol. The highest BCUT2D eigenvalue weighted by molar-refractivity contribution is 5.29. The van der Waals surface area contributed by atoms with Crippen LogP contribution in [0.3, 0.4) is 0 Å². The van der Waals surface area contributed by atoms with E-state index in [1.54, 1.807) is 5.57 Å². The van der Waals surface area contributed by atoms with Crippen molar-refractivity contribution in [2.75, 3.05) is 6.67 Å². The Morgan fingerprint density at radius 2 is 1.86 bits per heavy atom. The van der Waals surface area contributed by atoms with Crippen LogP contribution < -0.4 is 0 Å². The maximum atomic E-state index is 14.1. The Hall–Kier alpha value is -0.370. The molecule has 0 saturated heterocycles. The predicted molar refractivity (Wildman–Crippen MR) is 119 cm³/mol. The van der Waals surface area contributed by atoms with E-state index in [9.17, 15) is 9.50 Å². The fourth-order valence-corrected chi connectivity index (χ4v) is 8.52. The van der Waals surface area contributed by atoms with Crippen LogP contribution in [0, 0.1) is 46.8 Å². The van der Waals surface area contributed by atoms with Gasteiger partial charge in [0.15, 0.2) is 0 Å². The van der Waals surface area contributed by atoms with Gasteiger partial charge >= 0.3 is 0 Å². The number of hydrogen-bond donors (Lipinski definition) is 1. The van der Waals surface area contributed by atoms with E-state index in [4.69, 9.17) is 0 Å². The Kier molecular flexibility index (Phi) is 6.51. The maximum absolute atomic E-state index is 14.1. The molecule has 2 saturated carbocycles. The molecule has 4 rings (SSSR count). The van der Waals surface area contributed by atoms with Gasteiger partial charge in [-0.3, -0.25) is 4.39 Å². The van der Waals surface area contributed by atoms with Crippen molar-refractivity contribution in [3.05, 3.63) is 11.1 Å². The first-order valence-corrected chi connectivity index (χ1v) is 12.8. The largest absolute Gasteiger partial charge is 0.393 e. The van der Waals surface area contributed by atoms with Crippen LogP contribution in [-0.2, 0) is 0 Å². The van der Waals surface area contributed by atoms with E-state index in [0.29, 0.717) is 17.3 Å². The van der Waals surface area contributed by atoms with E-state index in [1.165, 1.54) is 50.5 Å². The van der Waals surface area contributed by atoms with Gasteiger partial charge in [-0.2, -0.15) is 0 Å². The molecule has 29 heavy (non-hydrogen) atoms. The van der Waals surface area contributed by atoms with Crippen molar-refractivity contribution < 1.29 is 9.50 Å². The fraction of sp³-hybridized carbons (Fsp3) is 0.926. The summed E-state index contributed by atoms with van der Waals surface area (Å²) in [7, 11) is 0. The first-order chi connectivity index (χ1) is 13.8. The molecule has 1 nitrogen and oxygen atoms in total. The lowest BCUT2D eigenvalue weighted by molar-refractivity contribution is -0.0137. The first-order valence-electron chi connectivity index (χ1n) is 12.8. The molecule has 0 heterocycles. The molecule has 0 amide bonds. The molecule has 0 unspecified atom stereocenters. The Labute approximate surface area is 178 Å². The number of aliphatic hydroxyl groups excluding tert-OH is 1. The zero-order valence-electron chi connectivity index (χ0n) is 19.4. The van der Waals surface area contributed by atoms with Crippen LogP contribution in [0.2, 0.25) is 0 Å². The van der Waals surface area contributed by atoms with E-state index >= 15 is 0 Å². The second-order valence-corrected chi connectivity index (χ2v) is 11.9. The van der Waals surface area contributed by atoms with E-state index in [-0.39, 0.29) is 18.7 Å². The molecular formula is C27H45FO.